The Morgan fingerprint density at radius 2 is 1.95 bits per heavy atom. The monoisotopic (exact) mass is 304 g/mol. The molecular weight excluding hydrogens is 291 g/mol. The van der Waals surface area contributed by atoms with Crippen molar-refractivity contribution < 1.29 is 27.5 Å². The summed E-state index contributed by atoms with van der Waals surface area (Å²) in [6.45, 7) is 0. The molecule has 0 unspecified atom stereocenters. The maximum absolute atomic E-state index is 13.4. The van der Waals surface area contributed by atoms with Gasteiger partial charge in [-0.2, -0.15) is 4.72 Å². The first-order chi connectivity index (χ1) is 9.24. The van der Waals surface area contributed by atoms with Crippen molar-refractivity contribution >= 4 is 21.9 Å². The largest absolute Gasteiger partial charge is 0.480 e. The SMILES string of the molecule is NC(=O)CC[C@@H](NS(=O)(=O)c1ccccc1F)C(=O)O. The van der Waals surface area contributed by atoms with E-state index in [9.17, 15) is 22.4 Å². The molecule has 0 saturated carbocycles. The predicted molar refractivity (Wildman–Crippen MR) is 66.6 cm³/mol. The van der Waals surface area contributed by atoms with Gasteiger partial charge in [-0.15, -0.1) is 0 Å². The van der Waals surface area contributed by atoms with Gasteiger partial charge in [0.15, 0.2) is 0 Å². The molecule has 0 heterocycles. The minimum atomic E-state index is -4.34. The van der Waals surface area contributed by atoms with Gasteiger partial charge in [0.2, 0.25) is 15.9 Å². The van der Waals surface area contributed by atoms with Crippen LogP contribution in [0.3, 0.4) is 0 Å². The Hall–Kier alpha value is -2.00. The second-order valence-corrected chi connectivity index (χ2v) is 5.63. The number of hydrogen-bond acceptors (Lipinski definition) is 4. The molecule has 0 aliphatic rings. The molecule has 1 atom stereocenters. The number of primary amides is 1. The van der Waals surface area contributed by atoms with Crippen LogP contribution in [-0.2, 0) is 19.6 Å². The van der Waals surface area contributed by atoms with Crippen LogP contribution in [0.5, 0.6) is 0 Å². The van der Waals surface area contributed by atoms with E-state index >= 15 is 0 Å². The first-order valence-corrected chi connectivity index (χ1v) is 7.00. The molecule has 110 valence electrons. The summed E-state index contributed by atoms with van der Waals surface area (Å²) in [7, 11) is -4.34. The van der Waals surface area contributed by atoms with Gasteiger partial charge in [0.05, 0.1) is 0 Å². The van der Waals surface area contributed by atoms with Crippen molar-refractivity contribution in [3.8, 4) is 0 Å². The molecule has 1 rings (SSSR count). The summed E-state index contributed by atoms with van der Waals surface area (Å²) in [5, 5.41) is 8.89. The molecule has 1 aromatic rings. The Morgan fingerprint density at radius 1 is 1.35 bits per heavy atom. The number of nitrogens with one attached hydrogen (secondary N) is 1. The van der Waals surface area contributed by atoms with Gasteiger partial charge in [0.25, 0.3) is 0 Å². The van der Waals surface area contributed by atoms with Gasteiger partial charge in [-0.3, -0.25) is 9.59 Å². The van der Waals surface area contributed by atoms with E-state index in [1.807, 2.05) is 4.72 Å². The fourth-order valence-electron chi connectivity index (χ4n) is 1.43. The molecule has 0 spiro atoms. The van der Waals surface area contributed by atoms with E-state index in [4.69, 9.17) is 10.8 Å². The number of nitrogens with two attached hydrogens (primary N) is 1. The van der Waals surface area contributed by atoms with E-state index in [1.54, 1.807) is 0 Å². The summed E-state index contributed by atoms with van der Waals surface area (Å²) in [6, 6.07) is 2.98. The second kappa shape index (κ2) is 6.44. The van der Waals surface area contributed by atoms with E-state index < -0.39 is 38.7 Å². The van der Waals surface area contributed by atoms with Crippen molar-refractivity contribution in [2.45, 2.75) is 23.8 Å². The zero-order chi connectivity index (χ0) is 15.3. The van der Waals surface area contributed by atoms with Crippen molar-refractivity contribution in [3.63, 3.8) is 0 Å². The quantitative estimate of drug-likeness (QED) is 0.644. The van der Waals surface area contributed by atoms with E-state index in [0.717, 1.165) is 12.1 Å². The lowest BCUT2D eigenvalue weighted by molar-refractivity contribution is -0.139. The summed E-state index contributed by atoms with van der Waals surface area (Å²) in [4.78, 5) is 20.9. The Balaban J connectivity index is 2.95. The van der Waals surface area contributed by atoms with Crippen molar-refractivity contribution in [1.29, 1.82) is 0 Å². The van der Waals surface area contributed by atoms with Crippen molar-refractivity contribution in [2.24, 2.45) is 5.73 Å². The highest BCUT2D eigenvalue weighted by molar-refractivity contribution is 7.89. The number of carboxylic acids is 1. The molecule has 9 heteroatoms. The molecule has 0 aromatic heterocycles. The summed E-state index contributed by atoms with van der Waals surface area (Å²) < 4.78 is 39.0. The third-order valence-electron chi connectivity index (χ3n) is 2.40. The smallest absolute Gasteiger partial charge is 0.321 e. The van der Waals surface area contributed by atoms with E-state index in [1.165, 1.54) is 12.1 Å². The minimum Gasteiger partial charge on any atom is -0.480 e. The highest BCUT2D eigenvalue weighted by Gasteiger charge is 2.27. The lowest BCUT2D eigenvalue weighted by atomic mass is 10.2. The number of hydrogen-bond donors (Lipinski definition) is 3. The second-order valence-electron chi connectivity index (χ2n) is 3.95. The molecule has 0 aliphatic heterocycles. The van der Waals surface area contributed by atoms with Crippen LogP contribution < -0.4 is 10.5 Å². The van der Waals surface area contributed by atoms with Gasteiger partial charge in [0, 0.05) is 6.42 Å². The Bertz CT molecular complexity index is 617. The average molecular weight is 304 g/mol. The first kappa shape index (κ1) is 16.1. The van der Waals surface area contributed by atoms with Crippen LogP contribution in [0.2, 0.25) is 0 Å². The molecule has 0 aliphatic carbocycles. The molecule has 0 radical (unpaired) electrons. The Morgan fingerprint density at radius 3 is 2.45 bits per heavy atom. The fraction of sp³-hybridized carbons (Fsp3) is 0.273. The average Bonchev–Trinajstić information content (AvgIpc) is 2.34. The molecule has 1 amide bonds. The van der Waals surface area contributed by atoms with E-state index in [-0.39, 0.29) is 12.8 Å². The third-order valence-corrected chi connectivity index (χ3v) is 3.91. The van der Waals surface area contributed by atoms with Crippen molar-refractivity contribution in [3.05, 3.63) is 30.1 Å². The maximum atomic E-state index is 13.4. The standard InChI is InChI=1S/C11H13FN2O5S/c12-7-3-1-2-4-9(7)20(18,19)14-8(11(16)17)5-6-10(13)15/h1-4,8,14H,5-6H2,(H2,13,15)(H,16,17)/t8-/m1/s1. The number of sulfonamides is 1. The third kappa shape index (κ3) is 4.28. The van der Waals surface area contributed by atoms with Crippen LogP contribution in [0, 0.1) is 5.82 Å². The fourth-order valence-corrected chi connectivity index (χ4v) is 2.74. The number of benzene rings is 1. The molecule has 0 fully saturated rings. The van der Waals surface area contributed by atoms with Gasteiger partial charge in [-0.1, -0.05) is 12.1 Å². The number of carboxylic acid groups (broad SMARTS) is 1. The zero-order valence-corrected chi connectivity index (χ0v) is 11.1. The van der Waals surface area contributed by atoms with Crippen LogP contribution in [0.25, 0.3) is 0 Å². The number of carbonyl (C=O) groups is 2. The van der Waals surface area contributed by atoms with E-state index in [0.29, 0.717) is 0 Å². The normalized spacial score (nSPS) is 12.8. The molecule has 1 aromatic carbocycles. The highest BCUT2D eigenvalue weighted by atomic mass is 32.2. The zero-order valence-electron chi connectivity index (χ0n) is 10.2. The van der Waals surface area contributed by atoms with Crippen LogP contribution in [0.1, 0.15) is 12.8 Å². The molecular formula is C11H13FN2O5S. The van der Waals surface area contributed by atoms with Gasteiger partial charge in [-0.05, 0) is 18.6 Å². The topological polar surface area (TPSA) is 127 Å². The lowest BCUT2D eigenvalue weighted by Gasteiger charge is -2.14. The molecule has 0 saturated heterocycles. The maximum Gasteiger partial charge on any atom is 0.321 e. The minimum absolute atomic E-state index is 0.309. The molecule has 4 N–H and O–H groups in total. The number of carbonyl (C=O) groups excluding carboxylic acids is 1. The molecule has 0 bridgehead atoms. The summed E-state index contributed by atoms with van der Waals surface area (Å²) in [5.74, 6) is -3.24. The highest BCUT2D eigenvalue weighted by Crippen LogP contribution is 2.14. The molecule has 7 nitrogen and oxygen atoms in total. The van der Waals surface area contributed by atoms with Gasteiger partial charge >= 0.3 is 5.97 Å². The summed E-state index contributed by atoms with van der Waals surface area (Å²) in [5.41, 5.74) is 4.87. The number of aliphatic carboxylic acids is 1. The van der Waals surface area contributed by atoms with Gasteiger partial charge < -0.3 is 10.8 Å². The number of halogens is 1. The van der Waals surface area contributed by atoms with Crippen LogP contribution >= 0.6 is 0 Å². The predicted octanol–water partition coefficient (Wildman–Crippen LogP) is -0.177. The lowest BCUT2D eigenvalue weighted by Crippen LogP contribution is -2.41. The van der Waals surface area contributed by atoms with E-state index in [2.05, 4.69) is 0 Å². The van der Waals surface area contributed by atoms with Gasteiger partial charge in [0.1, 0.15) is 16.8 Å². The van der Waals surface area contributed by atoms with Crippen LogP contribution in [0.15, 0.2) is 29.2 Å². The number of amides is 1. The first-order valence-electron chi connectivity index (χ1n) is 5.52. The molecule has 20 heavy (non-hydrogen) atoms. The van der Waals surface area contributed by atoms with Crippen molar-refractivity contribution in [1.82, 2.24) is 4.72 Å². The van der Waals surface area contributed by atoms with Gasteiger partial charge in [-0.25, -0.2) is 12.8 Å². The summed E-state index contributed by atoms with van der Waals surface area (Å²) >= 11 is 0. The Kier molecular flexibility index (Phi) is 5.17. The van der Waals surface area contributed by atoms with Crippen molar-refractivity contribution in [2.75, 3.05) is 0 Å². The van der Waals surface area contributed by atoms with Crippen LogP contribution in [-0.4, -0.2) is 31.4 Å². The summed E-state index contributed by atoms with van der Waals surface area (Å²) in [6.07, 6.45) is -0.630. The van der Waals surface area contributed by atoms with Crippen LogP contribution in [0.4, 0.5) is 4.39 Å². The number of rotatable bonds is 7. The Labute approximate surface area is 114 Å².